The highest BCUT2D eigenvalue weighted by Crippen LogP contribution is 2.41. The van der Waals surface area contributed by atoms with Crippen LogP contribution < -0.4 is 0 Å². The van der Waals surface area contributed by atoms with Crippen LogP contribution in [-0.4, -0.2) is 15.0 Å². The summed E-state index contributed by atoms with van der Waals surface area (Å²) in [6, 6.07) is 61.8. The fraction of sp³-hybridized carbons (Fsp3) is 0. The summed E-state index contributed by atoms with van der Waals surface area (Å²) in [5.41, 5.74) is 11.9. The van der Waals surface area contributed by atoms with Gasteiger partial charge in [-0.1, -0.05) is 164 Å². The molecule has 234 valence electrons. The van der Waals surface area contributed by atoms with Gasteiger partial charge in [-0.15, -0.1) is 0 Å². The summed E-state index contributed by atoms with van der Waals surface area (Å²) in [5.74, 6) is 0.700. The Bertz CT molecular complexity index is 2630. The molecule has 0 N–H and O–H groups in total. The Morgan fingerprint density at radius 3 is 1.38 bits per heavy atom. The van der Waals surface area contributed by atoms with Crippen LogP contribution in [0.25, 0.3) is 88.8 Å². The highest BCUT2D eigenvalue weighted by Gasteiger charge is 2.18. The Balaban J connectivity index is 1.25. The number of nitrogens with zero attached hydrogens (tertiary/aromatic N) is 3. The van der Waals surface area contributed by atoms with Crippen LogP contribution in [0.4, 0.5) is 0 Å². The van der Waals surface area contributed by atoms with Crippen molar-refractivity contribution in [1.82, 2.24) is 15.0 Å². The zero-order valence-electron chi connectivity index (χ0n) is 27.2. The monoisotopic (exact) mass is 637 g/mol. The summed E-state index contributed by atoms with van der Waals surface area (Å²) in [4.78, 5) is 14.8. The first kappa shape index (κ1) is 29.4. The van der Waals surface area contributed by atoms with Gasteiger partial charge in [-0.25, -0.2) is 9.97 Å². The molecule has 0 unspecified atom stereocenters. The molecule has 2 heterocycles. The van der Waals surface area contributed by atoms with Gasteiger partial charge in [0.05, 0.1) is 11.4 Å². The van der Waals surface area contributed by atoms with E-state index in [0.717, 1.165) is 50.2 Å². The van der Waals surface area contributed by atoms with Gasteiger partial charge in [0.15, 0.2) is 5.82 Å². The minimum absolute atomic E-state index is 0.700. The van der Waals surface area contributed by atoms with Crippen molar-refractivity contribution in [2.75, 3.05) is 0 Å². The van der Waals surface area contributed by atoms with E-state index in [2.05, 4.69) is 157 Å². The van der Waals surface area contributed by atoms with E-state index in [-0.39, 0.29) is 0 Å². The number of pyridine rings is 1. The van der Waals surface area contributed by atoms with E-state index in [1.807, 2.05) is 36.7 Å². The molecule has 0 radical (unpaired) electrons. The highest BCUT2D eigenvalue weighted by atomic mass is 14.9. The molecule has 3 heteroatoms. The third-order valence-corrected chi connectivity index (χ3v) is 9.43. The maximum Gasteiger partial charge on any atom is 0.160 e. The molecular weight excluding hydrogens is 607 g/mol. The van der Waals surface area contributed by atoms with Crippen LogP contribution in [0, 0.1) is 0 Å². The molecular formula is C47H31N3. The summed E-state index contributed by atoms with van der Waals surface area (Å²) in [6.45, 7) is 0. The van der Waals surface area contributed by atoms with E-state index >= 15 is 0 Å². The summed E-state index contributed by atoms with van der Waals surface area (Å²) in [6.07, 6.45) is 3.75. The Kier molecular flexibility index (Phi) is 7.49. The first-order chi connectivity index (χ1) is 24.8. The minimum Gasteiger partial charge on any atom is -0.264 e. The van der Waals surface area contributed by atoms with Gasteiger partial charge in [0.1, 0.15) is 0 Å². The topological polar surface area (TPSA) is 38.7 Å². The zero-order valence-corrected chi connectivity index (χ0v) is 27.2. The predicted octanol–water partition coefficient (Wildman–Crippen LogP) is 12.2. The van der Waals surface area contributed by atoms with Crippen LogP contribution in [0.15, 0.2) is 188 Å². The van der Waals surface area contributed by atoms with Gasteiger partial charge < -0.3 is 0 Å². The second-order valence-corrected chi connectivity index (χ2v) is 12.4. The van der Waals surface area contributed by atoms with Crippen molar-refractivity contribution in [3.05, 3.63) is 188 Å². The van der Waals surface area contributed by atoms with Crippen LogP contribution in [0.3, 0.4) is 0 Å². The maximum absolute atomic E-state index is 5.23. The second kappa shape index (κ2) is 12.7. The fourth-order valence-corrected chi connectivity index (χ4v) is 7.08. The zero-order chi connectivity index (χ0) is 33.3. The Morgan fingerprint density at radius 2 is 0.760 bits per heavy atom. The summed E-state index contributed by atoms with van der Waals surface area (Å²) in [7, 11) is 0. The van der Waals surface area contributed by atoms with E-state index in [9.17, 15) is 0 Å². The molecule has 2 aromatic heterocycles. The molecule has 0 aliphatic heterocycles. The first-order valence-electron chi connectivity index (χ1n) is 16.9. The third-order valence-electron chi connectivity index (χ3n) is 9.43. The Morgan fingerprint density at radius 1 is 0.300 bits per heavy atom. The predicted molar refractivity (Wildman–Crippen MR) is 207 cm³/mol. The van der Waals surface area contributed by atoms with Gasteiger partial charge >= 0.3 is 0 Å². The average molecular weight is 638 g/mol. The van der Waals surface area contributed by atoms with Gasteiger partial charge in [-0.3, -0.25) is 4.98 Å². The molecule has 0 aliphatic rings. The van der Waals surface area contributed by atoms with Crippen molar-refractivity contribution in [3.63, 3.8) is 0 Å². The molecule has 3 nitrogen and oxygen atoms in total. The smallest absolute Gasteiger partial charge is 0.160 e. The Hall–Kier alpha value is -6.71. The summed E-state index contributed by atoms with van der Waals surface area (Å²) >= 11 is 0. The lowest BCUT2D eigenvalue weighted by atomic mass is 9.88. The number of fused-ring (bicyclic) bond motifs is 2. The van der Waals surface area contributed by atoms with Crippen molar-refractivity contribution >= 4 is 21.5 Å². The van der Waals surface area contributed by atoms with Crippen LogP contribution in [0.5, 0.6) is 0 Å². The van der Waals surface area contributed by atoms with E-state index in [4.69, 9.17) is 9.97 Å². The van der Waals surface area contributed by atoms with Crippen molar-refractivity contribution in [3.8, 4) is 67.3 Å². The average Bonchev–Trinajstić information content (AvgIpc) is 3.21. The van der Waals surface area contributed by atoms with E-state index in [1.54, 1.807) is 0 Å². The van der Waals surface area contributed by atoms with Crippen LogP contribution >= 0.6 is 0 Å². The van der Waals surface area contributed by atoms with Crippen LogP contribution in [0.2, 0.25) is 0 Å². The minimum atomic E-state index is 0.700. The van der Waals surface area contributed by atoms with Gasteiger partial charge in [0, 0.05) is 34.6 Å². The van der Waals surface area contributed by atoms with Crippen LogP contribution in [-0.2, 0) is 0 Å². The molecule has 0 amide bonds. The van der Waals surface area contributed by atoms with Gasteiger partial charge in [-0.2, -0.15) is 0 Å². The number of hydrogen-bond acceptors (Lipinski definition) is 3. The molecule has 7 aromatic carbocycles. The number of benzene rings is 7. The van der Waals surface area contributed by atoms with E-state index in [1.165, 1.54) is 32.8 Å². The molecule has 0 aliphatic carbocycles. The molecule has 0 atom stereocenters. The van der Waals surface area contributed by atoms with Crippen LogP contribution in [0.1, 0.15) is 0 Å². The lowest BCUT2D eigenvalue weighted by molar-refractivity contribution is 1.19. The molecule has 9 rings (SSSR count). The number of aromatic nitrogens is 3. The molecule has 0 bridgehead atoms. The highest BCUT2D eigenvalue weighted by molar-refractivity contribution is 6.12. The summed E-state index contributed by atoms with van der Waals surface area (Å²) < 4.78 is 0. The standard InChI is InChI=1S/C47H31N3/c1-3-14-32(15-4-1)35-19-7-12-24-43(35)45-30-46(50-47(49-45)33-16-5-2-6-17-33)44-28-27-42(39-22-10-11-23-40(39)44)41-26-25-36(34-18-13-29-48-31-34)37-20-8-9-21-38(37)41/h1-31H. The van der Waals surface area contributed by atoms with Crippen molar-refractivity contribution < 1.29 is 0 Å². The summed E-state index contributed by atoms with van der Waals surface area (Å²) in [5, 5.41) is 4.73. The second-order valence-electron chi connectivity index (χ2n) is 12.4. The SMILES string of the molecule is c1ccc(-c2nc(-c3ccccc3-c3ccccc3)cc(-c3ccc(-c4ccc(-c5cccnc5)c5ccccc45)c4ccccc34)n2)cc1. The number of rotatable bonds is 6. The molecule has 50 heavy (non-hydrogen) atoms. The molecule has 0 saturated heterocycles. The molecule has 9 aromatic rings. The quantitative estimate of drug-likeness (QED) is 0.182. The van der Waals surface area contributed by atoms with E-state index in [0.29, 0.717) is 5.82 Å². The van der Waals surface area contributed by atoms with Crippen molar-refractivity contribution in [1.29, 1.82) is 0 Å². The lowest BCUT2D eigenvalue weighted by Crippen LogP contribution is -1.97. The first-order valence-corrected chi connectivity index (χ1v) is 16.9. The van der Waals surface area contributed by atoms with Gasteiger partial charge in [0.2, 0.25) is 0 Å². The van der Waals surface area contributed by atoms with E-state index < -0.39 is 0 Å². The van der Waals surface area contributed by atoms with Gasteiger partial charge in [0.25, 0.3) is 0 Å². The van der Waals surface area contributed by atoms with Crippen molar-refractivity contribution in [2.45, 2.75) is 0 Å². The van der Waals surface area contributed by atoms with Crippen molar-refractivity contribution in [2.24, 2.45) is 0 Å². The third kappa shape index (κ3) is 5.32. The molecule has 0 spiro atoms. The molecule has 0 fully saturated rings. The largest absolute Gasteiger partial charge is 0.264 e. The fourth-order valence-electron chi connectivity index (χ4n) is 7.08. The number of hydrogen-bond donors (Lipinski definition) is 0. The lowest BCUT2D eigenvalue weighted by Gasteiger charge is -2.17. The maximum atomic E-state index is 5.23. The normalized spacial score (nSPS) is 11.2. The van der Waals surface area contributed by atoms with Gasteiger partial charge in [-0.05, 0) is 61.5 Å². The molecule has 0 saturated carbocycles. The Labute approximate surface area is 291 Å².